The number of rotatable bonds is 6. The van der Waals surface area contributed by atoms with Gasteiger partial charge in [-0.3, -0.25) is 0 Å². The molecule has 262 valence electrons. The zero-order valence-corrected chi connectivity index (χ0v) is 30.9. The average molecular weight is 734 g/mol. The van der Waals surface area contributed by atoms with E-state index in [1.54, 1.807) is 0 Å². The highest BCUT2D eigenvalue weighted by Crippen LogP contribution is 2.46. The molecule has 3 heterocycles. The summed E-state index contributed by atoms with van der Waals surface area (Å²) in [6.45, 7) is 0. The Morgan fingerprint density at radius 2 is 0.946 bits per heavy atom. The predicted molar refractivity (Wildman–Crippen MR) is 233 cm³/mol. The summed E-state index contributed by atoms with van der Waals surface area (Å²) in [7, 11) is 0. The molecule has 0 bridgehead atoms. The van der Waals surface area contributed by atoms with Gasteiger partial charge in [0.1, 0.15) is 11.2 Å². The summed E-state index contributed by atoms with van der Waals surface area (Å²) < 4.78 is 9.00. The van der Waals surface area contributed by atoms with Crippen LogP contribution < -0.4 is 0 Å². The Bertz CT molecular complexity index is 3180. The molecule has 0 spiro atoms. The van der Waals surface area contributed by atoms with Gasteiger partial charge in [-0.15, -0.1) is 11.3 Å². The Labute approximate surface area is 327 Å². The van der Waals surface area contributed by atoms with Crippen LogP contribution in [0.5, 0.6) is 0 Å². The van der Waals surface area contributed by atoms with E-state index in [-0.39, 0.29) is 0 Å². The van der Waals surface area contributed by atoms with Crippen LogP contribution in [0.25, 0.3) is 110 Å². The molecule has 0 unspecified atom stereocenters. The lowest BCUT2D eigenvalue weighted by Crippen LogP contribution is -2.00. The normalized spacial score (nSPS) is 11.6. The van der Waals surface area contributed by atoms with Gasteiger partial charge in [0.15, 0.2) is 17.5 Å². The van der Waals surface area contributed by atoms with Crippen LogP contribution in [0.1, 0.15) is 0 Å². The monoisotopic (exact) mass is 733 g/mol. The van der Waals surface area contributed by atoms with Crippen LogP contribution in [0.2, 0.25) is 0 Å². The highest BCUT2D eigenvalue weighted by Gasteiger charge is 2.20. The minimum Gasteiger partial charge on any atom is -0.456 e. The molecule has 0 atom stereocenters. The van der Waals surface area contributed by atoms with Crippen molar-refractivity contribution in [3.63, 3.8) is 0 Å². The van der Waals surface area contributed by atoms with Crippen molar-refractivity contribution in [2.24, 2.45) is 0 Å². The number of hydrogen-bond donors (Lipinski definition) is 0. The van der Waals surface area contributed by atoms with Crippen molar-refractivity contribution in [3.05, 3.63) is 188 Å². The minimum atomic E-state index is 0.623. The molecule has 0 N–H and O–H groups in total. The molecule has 0 amide bonds. The van der Waals surface area contributed by atoms with Crippen LogP contribution in [0, 0.1) is 0 Å². The Morgan fingerprint density at radius 1 is 0.339 bits per heavy atom. The van der Waals surface area contributed by atoms with Gasteiger partial charge in [0.25, 0.3) is 0 Å². The maximum atomic E-state index is 6.48. The molecule has 0 saturated carbocycles. The van der Waals surface area contributed by atoms with E-state index < -0.39 is 0 Å². The zero-order valence-electron chi connectivity index (χ0n) is 30.1. The Balaban J connectivity index is 1.10. The van der Waals surface area contributed by atoms with Gasteiger partial charge in [0.2, 0.25) is 0 Å². The SMILES string of the molecule is c1ccc(-c2ccc3sc4cc(-c5c(-c6cccc(-c7nc(-c8ccccc8)nc(-c8ccccc8)n7)c6)ccc6oc7ccccc7c56)ccc4c3c2)cc1. The zero-order chi connectivity index (χ0) is 37.0. The quantitative estimate of drug-likeness (QED) is 0.171. The largest absolute Gasteiger partial charge is 0.456 e. The molecule has 11 aromatic rings. The second-order valence-corrected chi connectivity index (χ2v) is 15.1. The van der Waals surface area contributed by atoms with Crippen LogP contribution in [0.3, 0.4) is 0 Å². The first-order valence-corrected chi connectivity index (χ1v) is 19.5. The topological polar surface area (TPSA) is 51.8 Å². The summed E-state index contributed by atoms with van der Waals surface area (Å²) in [6.07, 6.45) is 0. The summed E-state index contributed by atoms with van der Waals surface area (Å²) >= 11 is 1.84. The van der Waals surface area contributed by atoms with Crippen molar-refractivity contribution in [2.45, 2.75) is 0 Å². The molecular weight excluding hydrogens is 703 g/mol. The number of fused-ring (bicyclic) bond motifs is 6. The van der Waals surface area contributed by atoms with E-state index in [0.717, 1.165) is 60.9 Å². The van der Waals surface area contributed by atoms with Gasteiger partial charge in [-0.05, 0) is 64.2 Å². The number of furan rings is 1. The van der Waals surface area contributed by atoms with Crippen molar-refractivity contribution in [1.29, 1.82) is 0 Å². The van der Waals surface area contributed by atoms with E-state index in [2.05, 4.69) is 115 Å². The minimum absolute atomic E-state index is 0.623. The Hall–Kier alpha value is -7.21. The lowest BCUT2D eigenvalue weighted by atomic mass is 9.89. The molecule has 0 fully saturated rings. The van der Waals surface area contributed by atoms with Crippen molar-refractivity contribution in [1.82, 2.24) is 15.0 Å². The molecular formula is C51H31N3OS. The van der Waals surface area contributed by atoms with Crippen LogP contribution in [0.15, 0.2) is 192 Å². The van der Waals surface area contributed by atoms with Crippen molar-refractivity contribution in [3.8, 4) is 67.5 Å². The van der Waals surface area contributed by atoms with Gasteiger partial charge in [0, 0.05) is 53.2 Å². The molecule has 0 aliphatic rings. The van der Waals surface area contributed by atoms with Crippen molar-refractivity contribution in [2.75, 3.05) is 0 Å². The lowest BCUT2D eigenvalue weighted by molar-refractivity contribution is 0.669. The van der Waals surface area contributed by atoms with Crippen LogP contribution in [-0.2, 0) is 0 Å². The van der Waals surface area contributed by atoms with Gasteiger partial charge >= 0.3 is 0 Å². The van der Waals surface area contributed by atoms with E-state index in [4.69, 9.17) is 19.4 Å². The molecule has 5 heteroatoms. The number of thiophene rings is 1. The molecule has 0 aliphatic carbocycles. The van der Waals surface area contributed by atoms with Gasteiger partial charge in [0.05, 0.1) is 0 Å². The summed E-state index contributed by atoms with van der Waals surface area (Å²) in [6, 6.07) is 65.7. The first-order valence-electron chi connectivity index (χ1n) is 18.7. The Kier molecular flexibility index (Phi) is 7.64. The van der Waals surface area contributed by atoms with Gasteiger partial charge in [-0.25, -0.2) is 15.0 Å². The molecule has 3 aromatic heterocycles. The second kappa shape index (κ2) is 13.3. The van der Waals surface area contributed by atoms with E-state index in [1.165, 1.54) is 31.3 Å². The molecule has 0 aliphatic heterocycles. The lowest BCUT2D eigenvalue weighted by Gasteiger charge is -2.14. The molecule has 0 saturated heterocycles. The first-order chi connectivity index (χ1) is 27.7. The highest BCUT2D eigenvalue weighted by molar-refractivity contribution is 7.25. The number of nitrogens with zero attached hydrogens (tertiary/aromatic N) is 3. The fourth-order valence-electron chi connectivity index (χ4n) is 7.86. The fraction of sp³-hybridized carbons (Fsp3) is 0. The average Bonchev–Trinajstić information content (AvgIpc) is 3.84. The third-order valence-corrected chi connectivity index (χ3v) is 11.7. The van der Waals surface area contributed by atoms with Crippen LogP contribution in [-0.4, -0.2) is 15.0 Å². The Morgan fingerprint density at radius 3 is 1.68 bits per heavy atom. The summed E-state index contributed by atoms with van der Waals surface area (Å²) in [5.74, 6) is 1.90. The standard InChI is InChI=1S/C51H31N3OS/c1-4-13-32(14-5-1)35-24-28-45-42(30-35)40-25-23-37(31-46(40)56-45)47-39(26-27-44-48(47)41-21-10-11-22-43(41)55-44)36-19-12-20-38(29-36)51-53-49(33-15-6-2-7-16-33)52-50(54-51)34-17-8-3-9-18-34/h1-31H. The third kappa shape index (κ3) is 5.56. The van der Waals surface area contributed by atoms with Crippen molar-refractivity contribution < 1.29 is 4.42 Å². The van der Waals surface area contributed by atoms with E-state index in [0.29, 0.717) is 17.5 Å². The number of hydrogen-bond acceptors (Lipinski definition) is 5. The molecule has 11 rings (SSSR count). The van der Waals surface area contributed by atoms with Gasteiger partial charge in [-0.1, -0.05) is 152 Å². The van der Waals surface area contributed by atoms with E-state index in [9.17, 15) is 0 Å². The smallest absolute Gasteiger partial charge is 0.164 e. The number of aromatic nitrogens is 3. The molecule has 56 heavy (non-hydrogen) atoms. The van der Waals surface area contributed by atoms with Gasteiger partial charge < -0.3 is 4.42 Å². The number of benzene rings is 8. The maximum Gasteiger partial charge on any atom is 0.164 e. The summed E-state index contributed by atoms with van der Waals surface area (Å²) in [5, 5.41) is 4.74. The molecule has 4 nitrogen and oxygen atoms in total. The first kappa shape index (κ1) is 32.2. The molecule has 0 radical (unpaired) electrons. The molecule has 8 aromatic carbocycles. The predicted octanol–water partition coefficient (Wildman–Crippen LogP) is 14.1. The van der Waals surface area contributed by atoms with E-state index >= 15 is 0 Å². The summed E-state index contributed by atoms with van der Waals surface area (Å²) in [5.41, 5.74) is 11.4. The van der Waals surface area contributed by atoms with Gasteiger partial charge in [-0.2, -0.15) is 0 Å². The van der Waals surface area contributed by atoms with E-state index in [1.807, 2.05) is 84.1 Å². The second-order valence-electron chi connectivity index (χ2n) is 14.0. The van der Waals surface area contributed by atoms with Crippen molar-refractivity contribution >= 4 is 53.4 Å². The summed E-state index contributed by atoms with van der Waals surface area (Å²) in [4.78, 5) is 15.0. The van der Waals surface area contributed by atoms with Crippen LogP contribution in [0.4, 0.5) is 0 Å². The fourth-order valence-corrected chi connectivity index (χ4v) is 8.99. The highest BCUT2D eigenvalue weighted by atomic mass is 32.1. The number of para-hydroxylation sites is 1. The van der Waals surface area contributed by atoms with Crippen LogP contribution >= 0.6 is 11.3 Å². The maximum absolute atomic E-state index is 6.48. The third-order valence-electron chi connectivity index (χ3n) is 10.5.